The Morgan fingerprint density at radius 3 is 0.675 bits per heavy atom. The van der Waals surface area contributed by atoms with E-state index in [-0.39, 0.29) is 0 Å². The Balaban J connectivity index is 0.000000156. The molecule has 8 unspecified atom stereocenters. The van der Waals surface area contributed by atoms with Gasteiger partial charge in [-0.3, -0.25) is 0 Å². The van der Waals surface area contributed by atoms with Crippen LogP contribution in [-0.2, 0) is 0 Å². The molecular weight excluding hydrogens is 1080 g/mol. The molecule has 77 heavy (non-hydrogen) atoms. The van der Waals surface area contributed by atoms with Crippen molar-refractivity contribution in [2.24, 2.45) is 0 Å². The Morgan fingerprint density at radius 1 is 0.169 bits per heavy atom. The molecule has 0 spiro atoms. The van der Waals surface area contributed by atoms with Crippen LogP contribution < -0.4 is 42.4 Å². The number of benzene rings is 10. The van der Waals surface area contributed by atoms with Gasteiger partial charge in [-0.05, 0) is 210 Å². The largest absolute Gasteiger partial charge is 0.106 e. The van der Waals surface area contributed by atoms with E-state index in [0.717, 1.165) is 0 Å². The summed E-state index contributed by atoms with van der Waals surface area (Å²) in [5.41, 5.74) is 24.9. The van der Waals surface area contributed by atoms with E-state index in [1.54, 1.807) is 0 Å². The fraction of sp³-hybridized carbons (Fsp3) is 0.130. The Kier molecular flexibility index (Phi) is 23.9. The van der Waals surface area contributed by atoms with Crippen molar-refractivity contribution in [3.8, 4) is 55.6 Å². The van der Waals surface area contributed by atoms with E-state index in [0.29, 0.717) is 0 Å². The van der Waals surface area contributed by atoms with E-state index in [9.17, 15) is 0 Å². The fourth-order valence-corrected chi connectivity index (χ4v) is 9.93. The minimum Gasteiger partial charge on any atom is -0.106 e. The zero-order valence-electron chi connectivity index (χ0n) is 46.2. The van der Waals surface area contributed by atoms with E-state index < -0.39 is 0 Å². The van der Waals surface area contributed by atoms with Gasteiger partial charge in [0.05, 0.1) is 0 Å². The van der Waals surface area contributed by atoms with Crippen LogP contribution in [0.3, 0.4) is 0 Å². The van der Waals surface area contributed by atoms with Crippen LogP contribution >= 0.6 is 73.9 Å². The van der Waals surface area contributed by atoms with Crippen LogP contribution in [0.5, 0.6) is 0 Å². The summed E-state index contributed by atoms with van der Waals surface area (Å²) >= 11 is 0. The van der Waals surface area contributed by atoms with Gasteiger partial charge in [0, 0.05) is 0 Å². The van der Waals surface area contributed by atoms with Crippen molar-refractivity contribution in [3.05, 3.63) is 250 Å². The topological polar surface area (TPSA) is 0 Å². The first-order valence-electron chi connectivity index (χ1n) is 25.7. The Hall–Kier alpha value is -4.36. The lowest BCUT2D eigenvalue weighted by Gasteiger charge is -2.07. The molecule has 8 heteroatoms. The summed E-state index contributed by atoms with van der Waals surface area (Å²) in [6.45, 7) is 19.3. The third-order valence-electron chi connectivity index (χ3n) is 13.7. The highest BCUT2D eigenvalue weighted by molar-refractivity contribution is 7.29. The van der Waals surface area contributed by atoms with Gasteiger partial charge in [-0.15, -0.1) is 73.9 Å². The second-order valence-corrected chi connectivity index (χ2v) is 25.0. The van der Waals surface area contributed by atoms with Crippen molar-refractivity contribution in [2.45, 2.75) is 62.3 Å². The summed E-state index contributed by atoms with van der Waals surface area (Å²) in [6.07, 6.45) is 0. The maximum Gasteiger partial charge on any atom is -0.0154 e. The van der Waals surface area contributed by atoms with Gasteiger partial charge in [0.25, 0.3) is 0 Å². The first-order chi connectivity index (χ1) is 36.6. The minimum atomic E-state index is 1.22. The second-order valence-electron chi connectivity index (χ2n) is 19.8. The molecule has 0 aliphatic carbocycles. The molecule has 0 fully saturated rings. The van der Waals surface area contributed by atoms with Crippen molar-refractivity contribution in [3.63, 3.8) is 0 Å². The van der Waals surface area contributed by atoms with Crippen molar-refractivity contribution < 1.29 is 0 Å². The zero-order chi connectivity index (χ0) is 55.9. The molecular formula is C69H76P8. The highest BCUT2D eigenvalue weighted by atomic mass is 31.0. The molecule has 0 saturated heterocycles. The number of rotatable bonds is 5. The molecule has 10 aromatic rings. The molecule has 10 aromatic carbocycles. The standard InChI is InChI=1S/C15H17P.C14H16P2.C14H15P.2C13H14P2/c1-10-4-5-13(8-11(10)2)14-6-7-15(16)12(3)9-14;1-9-7-11(3-5-13(9)15)12-4-6-14(16)10(2)8-12;1-10-3-4-13(9-11(10)2)12-5-7-14(15)8-6-12;1-9-8-11(4-7-13(9)15)10-2-5-12(14)6-3-10;1-9-8-12(15)6-7-13(9)10-2-4-11(14)5-3-10/h4-9H,16H2,1-3H3;3-8H,15-16H2,1-2H3;3-9H,15H2,1-2H3;2*2-8H,14-15H2,1H3. The first-order valence-corrected chi connectivity index (χ1v) is 30.3. The highest BCUT2D eigenvalue weighted by Gasteiger charge is 2.05. The van der Waals surface area contributed by atoms with Crippen LogP contribution in [0.15, 0.2) is 200 Å². The van der Waals surface area contributed by atoms with E-state index in [2.05, 4.69) is 336 Å². The smallest absolute Gasteiger partial charge is 0.0154 e. The van der Waals surface area contributed by atoms with Crippen LogP contribution in [0, 0.1) is 62.3 Å². The third-order valence-corrected chi connectivity index (χ3v) is 17.8. The molecule has 10 rings (SSSR count). The molecule has 0 saturated carbocycles. The average molecular weight is 1150 g/mol. The van der Waals surface area contributed by atoms with Gasteiger partial charge in [-0.2, -0.15) is 0 Å². The molecule has 0 N–H and O–H groups in total. The predicted molar refractivity (Wildman–Crippen MR) is 377 cm³/mol. The molecule has 0 amide bonds. The zero-order valence-corrected chi connectivity index (χ0v) is 55.4. The van der Waals surface area contributed by atoms with Crippen LogP contribution in [0.25, 0.3) is 55.6 Å². The molecule has 0 aromatic heterocycles. The molecule has 0 radical (unpaired) electrons. The predicted octanol–water partition coefficient (Wildman–Crippen LogP) is 15.5. The van der Waals surface area contributed by atoms with E-state index >= 15 is 0 Å². The molecule has 392 valence electrons. The second kappa shape index (κ2) is 29.7. The monoisotopic (exact) mass is 1150 g/mol. The van der Waals surface area contributed by atoms with E-state index in [4.69, 9.17) is 0 Å². The Labute approximate surface area is 481 Å². The van der Waals surface area contributed by atoms with Crippen LogP contribution in [0.2, 0.25) is 0 Å². The van der Waals surface area contributed by atoms with Gasteiger partial charge >= 0.3 is 0 Å². The number of hydrogen-bond acceptors (Lipinski definition) is 0. The summed E-state index contributed by atoms with van der Waals surface area (Å²) in [5.74, 6) is 0. The lowest BCUT2D eigenvalue weighted by atomic mass is 9.99. The lowest BCUT2D eigenvalue weighted by Crippen LogP contribution is -1.98. The molecule has 0 aliphatic heterocycles. The summed E-state index contributed by atoms with van der Waals surface area (Å²) in [7, 11) is 21.9. The van der Waals surface area contributed by atoms with Gasteiger partial charge in [-0.1, -0.05) is 200 Å². The quantitative estimate of drug-likeness (QED) is 0.151. The summed E-state index contributed by atoms with van der Waals surface area (Å²) in [6, 6.07) is 71.6. The Morgan fingerprint density at radius 2 is 0.403 bits per heavy atom. The number of hydrogen-bond donors (Lipinski definition) is 0. The molecule has 8 atom stereocenters. The SMILES string of the molecule is Cc1cc(-c2ccc(P)c(C)c2)ccc1P.Cc1cc(-c2ccc(P)cc2)ccc1P.Cc1cc(P)ccc1-c1ccc(P)cc1.Cc1ccc(-c2ccc(P)c(C)c2)cc1C.Cc1ccc(-c2ccc(P)cc2)cc1C. The van der Waals surface area contributed by atoms with Gasteiger partial charge in [0.2, 0.25) is 0 Å². The van der Waals surface area contributed by atoms with Crippen molar-refractivity contribution in [2.75, 3.05) is 0 Å². The number of aryl methyl sites for hydroxylation is 9. The maximum absolute atomic E-state index is 2.76. The van der Waals surface area contributed by atoms with Crippen LogP contribution in [-0.4, -0.2) is 0 Å². The average Bonchev–Trinajstić information content (AvgIpc) is 3.41. The summed E-state index contributed by atoms with van der Waals surface area (Å²) < 4.78 is 0. The van der Waals surface area contributed by atoms with Gasteiger partial charge in [-0.25, -0.2) is 0 Å². The highest BCUT2D eigenvalue weighted by Crippen LogP contribution is 2.26. The van der Waals surface area contributed by atoms with Crippen molar-refractivity contribution >= 4 is 116 Å². The van der Waals surface area contributed by atoms with Crippen LogP contribution in [0.1, 0.15) is 50.1 Å². The molecule has 0 aliphatic rings. The first kappa shape index (κ1) is 61.8. The lowest BCUT2D eigenvalue weighted by molar-refractivity contribution is 1.34. The normalized spacial score (nSPS) is 10.4. The van der Waals surface area contributed by atoms with E-state index in [1.165, 1.54) is 148 Å². The van der Waals surface area contributed by atoms with Crippen molar-refractivity contribution in [1.82, 2.24) is 0 Å². The Bertz CT molecular complexity index is 3290. The summed E-state index contributed by atoms with van der Waals surface area (Å²) in [4.78, 5) is 0. The van der Waals surface area contributed by atoms with Crippen LogP contribution in [0.4, 0.5) is 0 Å². The molecule has 0 nitrogen and oxygen atoms in total. The minimum absolute atomic E-state index is 1.22. The summed E-state index contributed by atoms with van der Waals surface area (Å²) in [5, 5.41) is 9.97. The van der Waals surface area contributed by atoms with E-state index in [1.807, 2.05) is 0 Å². The van der Waals surface area contributed by atoms with Gasteiger partial charge in [0.15, 0.2) is 0 Å². The maximum atomic E-state index is 2.76. The molecule has 0 heterocycles. The fourth-order valence-electron chi connectivity index (χ4n) is 8.29. The van der Waals surface area contributed by atoms with Gasteiger partial charge < -0.3 is 0 Å². The van der Waals surface area contributed by atoms with Gasteiger partial charge in [0.1, 0.15) is 0 Å². The molecule has 0 bridgehead atoms. The van der Waals surface area contributed by atoms with Crippen molar-refractivity contribution in [1.29, 1.82) is 0 Å². The third kappa shape index (κ3) is 18.6.